The highest BCUT2D eigenvalue weighted by Gasteiger charge is 2.32. The lowest BCUT2D eigenvalue weighted by Crippen LogP contribution is -2.51. The minimum atomic E-state index is -4.29. The summed E-state index contributed by atoms with van der Waals surface area (Å²) in [6, 6.07) is 16.8. The number of ether oxygens (including phenoxy) is 2. The Kier molecular flexibility index (Phi) is 11.7. The maximum Gasteiger partial charge on any atom is 0.264 e. The van der Waals surface area contributed by atoms with Crippen molar-refractivity contribution < 1.29 is 31.9 Å². The predicted molar refractivity (Wildman–Crippen MR) is 159 cm³/mol. The number of hydrogen-bond donors (Lipinski definition) is 1. The zero-order chi connectivity index (χ0) is 30.7. The molecule has 0 aromatic heterocycles. The van der Waals surface area contributed by atoms with E-state index in [1.165, 1.54) is 48.4 Å². The molecule has 2 amide bonds. The number of unbranched alkanes of at least 4 members (excludes halogenated alkanes) is 1. The van der Waals surface area contributed by atoms with Crippen LogP contribution in [0.4, 0.5) is 10.1 Å². The van der Waals surface area contributed by atoms with Crippen LogP contribution in [0.5, 0.6) is 11.5 Å². The number of rotatable bonds is 15. The maximum absolute atomic E-state index is 14.0. The lowest BCUT2D eigenvalue weighted by molar-refractivity contribution is -0.139. The molecule has 0 heterocycles. The molecule has 3 aromatic rings. The van der Waals surface area contributed by atoms with Crippen molar-refractivity contribution in [2.24, 2.45) is 0 Å². The molecule has 1 N–H and O–H groups in total. The quantitative estimate of drug-likeness (QED) is 0.253. The first-order chi connectivity index (χ1) is 20.1. The van der Waals surface area contributed by atoms with Gasteiger partial charge in [0.2, 0.25) is 11.8 Å². The van der Waals surface area contributed by atoms with Gasteiger partial charge in [-0.1, -0.05) is 25.5 Å². The molecule has 0 aliphatic heterocycles. The third-order valence-corrected chi connectivity index (χ3v) is 8.39. The molecule has 0 aliphatic rings. The average Bonchev–Trinajstić information content (AvgIpc) is 2.99. The molecule has 0 unspecified atom stereocenters. The second kappa shape index (κ2) is 15.2. The molecular formula is C31H38FN3O6S. The molecule has 226 valence electrons. The van der Waals surface area contributed by atoms with E-state index in [0.29, 0.717) is 30.2 Å². The van der Waals surface area contributed by atoms with E-state index in [2.05, 4.69) is 5.32 Å². The van der Waals surface area contributed by atoms with E-state index in [-0.39, 0.29) is 23.0 Å². The number of amides is 2. The monoisotopic (exact) mass is 599 g/mol. The fourth-order valence-corrected chi connectivity index (χ4v) is 5.64. The van der Waals surface area contributed by atoms with Crippen molar-refractivity contribution in [3.8, 4) is 11.5 Å². The Hall–Kier alpha value is -4.12. The molecule has 0 radical (unpaired) electrons. The van der Waals surface area contributed by atoms with Crippen LogP contribution in [-0.2, 0) is 26.2 Å². The number of benzene rings is 3. The van der Waals surface area contributed by atoms with E-state index in [4.69, 9.17) is 9.47 Å². The zero-order valence-electron chi connectivity index (χ0n) is 24.4. The van der Waals surface area contributed by atoms with Crippen molar-refractivity contribution in [3.63, 3.8) is 0 Å². The van der Waals surface area contributed by atoms with Gasteiger partial charge in [0.1, 0.15) is 29.9 Å². The number of carbonyl (C=O) groups is 2. The first-order valence-corrected chi connectivity index (χ1v) is 15.3. The van der Waals surface area contributed by atoms with Gasteiger partial charge in [-0.3, -0.25) is 13.9 Å². The Bertz CT molecular complexity index is 1430. The van der Waals surface area contributed by atoms with Gasteiger partial charge in [0.15, 0.2) is 0 Å². The normalized spacial score (nSPS) is 11.8. The summed E-state index contributed by atoms with van der Waals surface area (Å²) in [6.45, 7) is 5.68. The topological polar surface area (TPSA) is 105 Å². The molecule has 0 saturated heterocycles. The van der Waals surface area contributed by atoms with E-state index in [1.54, 1.807) is 31.2 Å². The van der Waals surface area contributed by atoms with Crippen LogP contribution >= 0.6 is 0 Å². The smallest absolute Gasteiger partial charge is 0.264 e. The number of hydrogen-bond acceptors (Lipinski definition) is 6. The minimum absolute atomic E-state index is 0.0265. The Morgan fingerprint density at radius 3 is 2.29 bits per heavy atom. The largest absolute Gasteiger partial charge is 0.497 e. The average molecular weight is 600 g/mol. The molecule has 0 fully saturated rings. The van der Waals surface area contributed by atoms with E-state index < -0.39 is 34.3 Å². The minimum Gasteiger partial charge on any atom is -0.497 e. The summed E-state index contributed by atoms with van der Waals surface area (Å²) in [5.74, 6) is -0.461. The second-order valence-electron chi connectivity index (χ2n) is 9.59. The fourth-order valence-electron chi connectivity index (χ4n) is 4.22. The molecule has 0 aliphatic carbocycles. The third-order valence-electron chi connectivity index (χ3n) is 6.60. The first-order valence-electron chi connectivity index (χ1n) is 13.8. The molecule has 9 nitrogen and oxygen atoms in total. The summed E-state index contributed by atoms with van der Waals surface area (Å²) < 4.78 is 53.2. The van der Waals surface area contributed by atoms with Crippen LogP contribution in [0.3, 0.4) is 0 Å². The number of methoxy groups -OCH3 is 1. The van der Waals surface area contributed by atoms with Gasteiger partial charge in [0.05, 0.1) is 24.3 Å². The number of sulfonamides is 1. The number of nitrogens with one attached hydrogen (secondary N) is 1. The van der Waals surface area contributed by atoms with Crippen LogP contribution in [0.25, 0.3) is 0 Å². The zero-order valence-corrected chi connectivity index (χ0v) is 25.2. The van der Waals surface area contributed by atoms with Crippen molar-refractivity contribution in [2.45, 2.75) is 51.1 Å². The Morgan fingerprint density at radius 2 is 1.67 bits per heavy atom. The van der Waals surface area contributed by atoms with Gasteiger partial charge in [0.25, 0.3) is 10.0 Å². The lowest BCUT2D eigenvalue weighted by Gasteiger charge is -2.32. The molecule has 0 spiro atoms. The standard InChI is InChI=1S/C31H38FN3O6S/c1-5-7-19-33-31(37)23(3)34(21-24-9-8-10-28(20-24)40-4)30(36)22-35(26-13-11-25(32)12-14-26)42(38,39)29-17-15-27(16-18-29)41-6-2/h8-18,20,23H,5-7,19,21-22H2,1-4H3,(H,33,37)/t23-/m0/s1. The van der Waals surface area contributed by atoms with Gasteiger partial charge >= 0.3 is 0 Å². The SMILES string of the molecule is CCCCNC(=O)[C@H](C)N(Cc1cccc(OC)c1)C(=O)CN(c1ccc(F)cc1)S(=O)(=O)c1ccc(OCC)cc1. The van der Waals surface area contributed by atoms with E-state index >= 15 is 0 Å². The number of carbonyl (C=O) groups excluding carboxylic acids is 2. The van der Waals surface area contributed by atoms with Gasteiger partial charge < -0.3 is 19.7 Å². The molecule has 0 bridgehead atoms. The molecule has 3 rings (SSSR count). The van der Waals surface area contributed by atoms with Gasteiger partial charge in [-0.2, -0.15) is 0 Å². The van der Waals surface area contributed by atoms with E-state index in [9.17, 15) is 22.4 Å². The van der Waals surface area contributed by atoms with E-state index in [1.807, 2.05) is 13.8 Å². The van der Waals surface area contributed by atoms with Gasteiger partial charge in [-0.25, -0.2) is 12.8 Å². The molecular weight excluding hydrogens is 561 g/mol. The van der Waals surface area contributed by atoms with Crippen molar-refractivity contribution in [1.29, 1.82) is 0 Å². The first kappa shape index (κ1) is 32.4. The van der Waals surface area contributed by atoms with Crippen LogP contribution in [0.2, 0.25) is 0 Å². The Balaban J connectivity index is 2.00. The summed E-state index contributed by atoms with van der Waals surface area (Å²) in [4.78, 5) is 28.3. The van der Waals surface area contributed by atoms with E-state index in [0.717, 1.165) is 29.3 Å². The summed E-state index contributed by atoms with van der Waals surface area (Å²) >= 11 is 0. The Labute approximate surface area is 247 Å². The Morgan fingerprint density at radius 1 is 0.976 bits per heavy atom. The molecule has 3 aromatic carbocycles. The van der Waals surface area contributed by atoms with Crippen molar-refractivity contribution in [1.82, 2.24) is 10.2 Å². The second-order valence-corrected chi connectivity index (χ2v) is 11.4. The number of anilines is 1. The lowest BCUT2D eigenvalue weighted by atomic mass is 10.1. The summed E-state index contributed by atoms with van der Waals surface area (Å²) in [7, 11) is -2.76. The van der Waals surface area contributed by atoms with Crippen LogP contribution < -0.4 is 19.1 Å². The van der Waals surface area contributed by atoms with Crippen molar-refractivity contribution in [3.05, 3.63) is 84.2 Å². The molecule has 11 heteroatoms. The van der Waals surface area contributed by atoms with Crippen molar-refractivity contribution in [2.75, 3.05) is 31.1 Å². The number of nitrogens with zero attached hydrogens (tertiary/aromatic N) is 2. The fraction of sp³-hybridized carbons (Fsp3) is 0.355. The highest BCUT2D eigenvalue weighted by atomic mass is 32.2. The highest BCUT2D eigenvalue weighted by molar-refractivity contribution is 7.92. The van der Waals surface area contributed by atoms with Crippen LogP contribution in [0, 0.1) is 5.82 Å². The van der Waals surface area contributed by atoms with Crippen LogP contribution in [0.15, 0.2) is 77.7 Å². The summed E-state index contributed by atoms with van der Waals surface area (Å²) in [5, 5.41) is 2.85. The van der Waals surface area contributed by atoms with Crippen molar-refractivity contribution >= 4 is 27.5 Å². The van der Waals surface area contributed by atoms with Gasteiger partial charge in [-0.05, 0) is 86.5 Å². The summed E-state index contributed by atoms with van der Waals surface area (Å²) in [5.41, 5.74) is 0.790. The van der Waals surface area contributed by atoms with Crippen LogP contribution in [-0.4, -0.2) is 58.0 Å². The molecule has 1 atom stereocenters. The predicted octanol–water partition coefficient (Wildman–Crippen LogP) is 4.76. The van der Waals surface area contributed by atoms with Gasteiger partial charge in [-0.15, -0.1) is 0 Å². The number of halogens is 1. The van der Waals surface area contributed by atoms with Crippen LogP contribution in [0.1, 0.15) is 39.2 Å². The highest BCUT2D eigenvalue weighted by Crippen LogP contribution is 2.26. The molecule has 42 heavy (non-hydrogen) atoms. The maximum atomic E-state index is 14.0. The van der Waals surface area contributed by atoms with Gasteiger partial charge in [0, 0.05) is 13.1 Å². The molecule has 0 saturated carbocycles. The summed E-state index contributed by atoms with van der Waals surface area (Å²) in [6.07, 6.45) is 1.66. The third kappa shape index (κ3) is 8.45.